The number of hydrogen-bond acceptors (Lipinski definition) is 2. The molecule has 0 radical (unpaired) electrons. The second kappa shape index (κ2) is 2.81. The highest BCUT2D eigenvalue weighted by Crippen LogP contribution is 1.97. The van der Waals surface area contributed by atoms with Crippen LogP contribution in [0.1, 0.15) is 5.69 Å². The van der Waals surface area contributed by atoms with Gasteiger partial charge in [0.1, 0.15) is 5.69 Å². The van der Waals surface area contributed by atoms with E-state index in [2.05, 4.69) is 14.8 Å². The van der Waals surface area contributed by atoms with Crippen LogP contribution in [0.25, 0.3) is 0 Å². The molecule has 0 aliphatic heterocycles. The van der Waals surface area contributed by atoms with Crippen molar-refractivity contribution < 1.29 is 0 Å². The van der Waals surface area contributed by atoms with Gasteiger partial charge in [-0.2, -0.15) is 15.0 Å². The standard InChI is InChI=1S/C8H10N4/c1-11-9-6-8(10-11)7-12-4-2-3-5-12/h2-6H,7H2,1H3. The molecule has 12 heavy (non-hydrogen) atoms. The Morgan fingerprint density at radius 2 is 2.08 bits per heavy atom. The minimum atomic E-state index is 0.792. The summed E-state index contributed by atoms with van der Waals surface area (Å²) >= 11 is 0. The van der Waals surface area contributed by atoms with Crippen LogP contribution >= 0.6 is 0 Å². The molecule has 0 aliphatic rings. The Balaban J connectivity index is 2.14. The van der Waals surface area contributed by atoms with Crippen molar-refractivity contribution in [2.24, 2.45) is 7.05 Å². The normalized spacial score (nSPS) is 10.4. The smallest absolute Gasteiger partial charge is 0.102 e. The van der Waals surface area contributed by atoms with Gasteiger partial charge in [-0.05, 0) is 12.1 Å². The summed E-state index contributed by atoms with van der Waals surface area (Å²) < 4.78 is 2.06. The molecule has 2 heterocycles. The largest absolute Gasteiger partial charge is 0.348 e. The lowest BCUT2D eigenvalue weighted by Crippen LogP contribution is -1.98. The van der Waals surface area contributed by atoms with E-state index in [0.29, 0.717) is 0 Å². The summed E-state index contributed by atoms with van der Waals surface area (Å²) in [7, 11) is 1.82. The predicted octanol–water partition coefficient (Wildman–Crippen LogP) is 0.665. The lowest BCUT2D eigenvalue weighted by atomic mass is 10.5. The van der Waals surface area contributed by atoms with E-state index in [4.69, 9.17) is 0 Å². The van der Waals surface area contributed by atoms with Gasteiger partial charge in [0.05, 0.1) is 12.7 Å². The van der Waals surface area contributed by atoms with Gasteiger partial charge in [-0.25, -0.2) is 0 Å². The highest BCUT2D eigenvalue weighted by molar-refractivity contribution is 4.97. The van der Waals surface area contributed by atoms with Crippen LogP contribution in [0.4, 0.5) is 0 Å². The summed E-state index contributed by atoms with van der Waals surface area (Å²) in [5.41, 5.74) is 0.980. The Morgan fingerprint density at radius 1 is 1.33 bits per heavy atom. The minimum Gasteiger partial charge on any atom is -0.348 e. The molecule has 0 N–H and O–H groups in total. The van der Waals surface area contributed by atoms with Gasteiger partial charge in [0.25, 0.3) is 0 Å². The van der Waals surface area contributed by atoms with Gasteiger partial charge < -0.3 is 4.57 Å². The first kappa shape index (κ1) is 7.09. The van der Waals surface area contributed by atoms with Gasteiger partial charge >= 0.3 is 0 Å². The number of nitrogens with zero attached hydrogens (tertiary/aromatic N) is 4. The Morgan fingerprint density at radius 3 is 2.67 bits per heavy atom. The summed E-state index contributed by atoms with van der Waals surface area (Å²) in [6.07, 6.45) is 5.80. The van der Waals surface area contributed by atoms with Gasteiger partial charge in [0.15, 0.2) is 0 Å². The lowest BCUT2D eigenvalue weighted by Gasteiger charge is -1.96. The van der Waals surface area contributed by atoms with E-state index in [1.807, 2.05) is 31.6 Å². The SMILES string of the molecule is Cn1ncc(Cn2cccc2)n1. The van der Waals surface area contributed by atoms with Crippen molar-refractivity contribution in [1.29, 1.82) is 0 Å². The molecule has 0 fully saturated rings. The number of aryl methyl sites for hydroxylation is 1. The molecule has 0 aliphatic carbocycles. The molecule has 4 heteroatoms. The Bertz CT molecular complexity index is 347. The molecule has 0 amide bonds. The minimum absolute atomic E-state index is 0.792. The summed E-state index contributed by atoms with van der Waals surface area (Å²) in [4.78, 5) is 1.57. The van der Waals surface area contributed by atoms with E-state index in [-0.39, 0.29) is 0 Å². The van der Waals surface area contributed by atoms with Crippen molar-refractivity contribution in [3.63, 3.8) is 0 Å². The van der Waals surface area contributed by atoms with Gasteiger partial charge in [0.2, 0.25) is 0 Å². The molecule has 0 saturated carbocycles. The fraction of sp³-hybridized carbons (Fsp3) is 0.250. The second-order valence-corrected chi connectivity index (χ2v) is 2.68. The van der Waals surface area contributed by atoms with E-state index < -0.39 is 0 Å². The van der Waals surface area contributed by atoms with Crippen LogP contribution in [0.2, 0.25) is 0 Å². The molecule has 62 valence electrons. The summed E-state index contributed by atoms with van der Waals surface area (Å²) in [5.74, 6) is 0. The molecule has 0 atom stereocenters. The van der Waals surface area contributed by atoms with Crippen LogP contribution in [0.3, 0.4) is 0 Å². The van der Waals surface area contributed by atoms with Crippen molar-refractivity contribution in [2.75, 3.05) is 0 Å². The van der Waals surface area contributed by atoms with Gasteiger partial charge in [0, 0.05) is 19.4 Å². The molecule has 2 aromatic rings. The fourth-order valence-electron chi connectivity index (χ4n) is 1.12. The van der Waals surface area contributed by atoms with E-state index in [1.165, 1.54) is 0 Å². The molecular formula is C8H10N4. The third-order valence-electron chi connectivity index (χ3n) is 1.66. The molecule has 4 nitrogen and oxygen atoms in total. The molecule has 0 spiro atoms. The first-order valence-corrected chi connectivity index (χ1v) is 3.80. The van der Waals surface area contributed by atoms with Crippen LogP contribution in [0.5, 0.6) is 0 Å². The fourth-order valence-corrected chi connectivity index (χ4v) is 1.12. The average molecular weight is 162 g/mol. The molecule has 2 aromatic heterocycles. The lowest BCUT2D eigenvalue weighted by molar-refractivity contribution is 0.637. The van der Waals surface area contributed by atoms with E-state index in [1.54, 1.807) is 11.0 Å². The Labute approximate surface area is 70.4 Å². The van der Waals surface area contributed by atoms with E-state index in [9.17, 15) is 0 Å². The summed E-state index contributed by atoms with van der Waals surface area (Å²) in [6, 6.07) is 3.99. The van der Waals surface area contributed by atoms with Crippen LogP contribution in [-0.4, -0.2) is 19.6 Å². The maximum atomic E-state index is 4.17. The average Bonchev–Trinajstić information content (AvgIpc) is 2.63. The zero-order chi connectivity index (χ0) is 8.39. The predicted molar refractivity (Wildman–Crippen MR) is 44.5 cm³/mol. The van der Waals surface area contributed by atoms with Crippen molar-refractivity contribution >= 4 is 0 Å². The third-order valence-corrected chi connectivity index (χ3v) is 1.66. The van der Waals surface area contributed by atoms with E-state index in [0.717, 1.165) is 12.2 Å². The van der Waals surface area contributed by atoms with Crippen LogP contribution in [0, 0.1) is 0 Å². The molecule has 0 unspecified atom stereocenters. The van der Waals surface area contributed by atoms with Crippen LogP contribution < -0.4 is 0 Å². The zero-order valence-corrected chi connectivity index (χ0v) is 6.88. The first-order valence-electron chi connectivity index (χ1n) is 3.80. The van der Waals surface area contributed by atoms with E-state index >= 15 is 0 Å². The summed E-state index contributed by atoms with van der Waals surface area (Å²) in [6.45, 7) is 0.792. The van der Waals surface area contributed by atoms with Gasteiger partial charge in [-0.15, -0.1) is 0 Å². The van der Waals surface area contributed by atoms with Crippen molar-refractivity contribution in [1.82, 2.24) is 19.6 Å². The molecule has 0 bridgehead atoms. The molecule has 2 rings (SSSR count). The number of hydrogen-bond donors (Lipinski definition) is 0. The van der Waals surface area contributed by atoms with Gasteiger partial charge in [-0.3, -0.25) is 0 Å². The highest BCUT2D eigenvalue weighted by Gasteiger charge is 1.97. The maximum absolute atomic E-state index is 4.17. The Kier molecular flexibility index (Phi) is 1.66. The highest BCUT2D eigenvalue weighted by atomic mass is 15.4. The number of rotatable bonds is 2. The third kappa shape index (κ3) is 1.37. The maximum Gasteiger partial charge on any atom is 0.102 e. The molecule has 0 aromatic carbocycles. The zero-order valence-electron chi connectivity index (χ0n) is 6.88. The first-order chi connectivity index (χ1) is 5.84. The molecular weight excluding hydrogens is 152 g/mol. The van der Waals surface area contributed by atoms with Gasteiger partial charge in [-0.1, -0.05) is 0 Å². The second-order valence-electron chi connectivity index (χ2n) is 2.68. The monoisotopic (exact) mass is 162 g/mol. The molecule has 0 saturated heterocycles. The topological polar surface area (TPSA) is 35.6 Å². The van der Waals surface area contributed by atoms with Crippen molar-refractivity contribution in [3.05, 3.63) is 36.4 Å². The van der Waals surface area contributed by atoms with Crippen LogP contribution in [-0.2, 0) is 13.6 Å². The van der Waals surface area contributed by atoms with Crippen molar-refractivity contribution in [3.8, 4) is 0 Å². The quantitative estimate of drug-likeness (QED) is 0.650. The Hall–Kier alpha value is -1.58. The number of aromatic nitrogens is 4. The van der Waals surface area contributed by atoms with Crippen molar-refractivity contribution in [2.45, 2.75) is 6.54 Å². The summed E-state index contributed by atoms with van der Waals surface area (Å²) in [5, 5.41) is 8.16. The van der Waals surface area contributed by atoms with Crippen LogP contribution in [0.15, 0.2) is 30.7 Å².